The fraction of sp³-hybridized carbons (Fsp3) is 0. The summed E-state index contributed by atoms with van der Waals surface area (Å²) in [4.78, 5) is 7.74. The van der Waals surface area contributed by atoms with Gasteiger partial charge >= 0.3 is 0 Å². The van der Waals surface area contributed by atoms with E-state index in [1.807, 2.05) is 0 Å². The van der Waals surface area contributed by atoms with Crippen molar-refractivity contribution in [2.75, 3.05) is 0 Å². The molecule has 2 aromatic rings. The number of hydrogen-bond donors (Lipinski definition) is 0. The molecule has 1 heterocycles. The third kappa shape index (κ3) is 1.12. The van der Waals surface area contributed by atoms with E-state index in [9.17, 15) is 4.39 Å². The molecule has 4 heteroatoms. The molecule has 0 unspecified atom stereocenters. The minimum atomic E-state index is -0.439. The number of fused-ring (bicyclic) bond motifs is 1. The number of rotatable bonds is 0. The number of nitrogens with zero attached hydrogens (tertiary/aromatic N) is 2. The minimum absolute atomic E-state index is 0.252. The van der Waals surface area contributed by atoms with E-state index in [1.165, 1.54) is 18.5 Å². The topological polar surface area (TPSA) is 25.8 Å². The van der Waals surface area contributed by atoms with E-state index in [1.54, 1.807) is 6.07 Å². The molecule has 0 saturated carbocycles. The summed E-state index contributed by atoms with van der Waals surface area (Å²) < 4.78 is 13.1. The Hall–Kier alpha value is -1.22. The van der Waals surface area contributed by atoms with Gasteiger partial charge in [-0.25, -0.2) is 9.37 Å². The Morgan fingerprint density at radius 3 is 2.75 bits per heavy atom. The van der Waals surface area contributed by atoms with E-state index in [0.29, 0.717) is 10.5 Å². The van der Waals surface area contributed by atoms with Gasteiger partial charge in [-0.3, -0.25) is 4.98 Å². The predicted octanol–water partition coefficient (Wildman–Crippen LogP) is 2.42. The Morgan fingerprint density at radius 2 is 1.92 bits per heavy atom. The Kier molecular flexibility index (Phi) is 1.66. The molecule has 0 aliphatic rings. The zero-order valence-corrected chi connectivity index (χ0v) is 6.72. The number of benzene rings is 1. The van der Waals surface area contributed by atoms with Crippen molar-refractivity contribution in [2.24, 2.45) is 0 Å². The Morgan fingerprint density at radius 1 is 1.17 bits per heavy atom. The highest BCUT2D eigenvalue weighted by molar-refractivity contribution is 6.31. The first-order valence-electron chi connectivity index (χ1n) is 3.33. The maximum absolute atomic E-state index is 13.1. The van der Waals surface area contributed by atoms with Crippen LogP contribution in [0.3, 0.4) is 0 Å². The van der Waals surface area contributed by atoms with Crippen LogP contribution in [0.25, 0.3) is 11.0 Å². The van der Waals surface area contributed by atoms with Crippen molar-refractivity contribution in [2.45, 2.75) is 0 Å². The van der Waals surface area contributed by atoms with Crippen LogP contribution < -0.4 is 0 Å². The van der Waals surface area contributed by atoms with E-state index in [4.69, 9.17) is 11.6 Å². The van der Waals surface area contributed by atoms with E-state index in [0.717, 1.165) is 0 Å². The monoisotopic (exact) mass is 182 g/mol. The second kappa shape index (κ2) is 2.68. The molecule has 60 valence electrons. The van der Waals surface area contributed by atoms with Gasteiger partial charge in [-0.15, -0.1) is 0 Å². The van der Waals surface area contributed by atoms with E-state index in [2.05, 4.69) is 9.97 Å². The average molecular weight is 183 g/mol. The third-order valence-corrected chi connectivity index (χ3v) is 1.71. The second-order valence-corrected chi connectivity index (χ2v) is 2.75. The van der Waals surface area contributed by atoms with Gasteiger partial charge in [0.05, 0.1) is 5.52 Å². The highest BCUT2D eigenvalue weighted by Crippen LogP contribution is 2.18. The summed E-state index contributed by atoms with van der Waals surface area (Å²) >= 11 is 5.62. The standard InChI is InChI=1S/C8H4ClFN2/c9-5-3-6(10)8-7(4-5)11-1-2-12-8/h1-4H. The zero-order valence-electron chi connectivity index (χ0n) is 5.96. The molecule has 0 saturated heterocycles. The van der Waals surface area contributed by atoms with Gasteiger partial charge in [0, 0.05) is 17.4 Å². The smallest absolute Gasteiger partial charge is 0.152 e. The second-order valence-electron chi connectivity index (χ2n) is 2.31. The fourth-order valence-corrected chi connectivity index (χ4v) is 1.20. The van der Waals surface area contributed by atoms with Crippen molar-refractivity contribution < 1.29 is 4.39 Å². The lowest BCUT2D eigenvalue weighted by Gasteiger charge is -1.96. The third-order valence-electron chi connectivity index (χ3n) is 1.49. The van der Waals surface area contributed by atoms with Crippen molar-refractivity contribution in [1.82, 2.24) is 9.97 Å². The maximum atomic E-state index is 13.1. The van der Waals surface area contributed by atoms with Crippen molar-refractivity contribution in [3.05, 3.63) is 35.4 Å². The summed E-state index contributed by atoms with van der Waals surface area (Å²) in [7, 11) is 0. The molecule has 12 heavy (non-hydrogen) atoms. The van der Waals surface area contributed by atoms with Crippen LogP contribution in [0, 0.1) is 5.82 Å². The first-order valence-corrected chi connectivity index (χ1v) is 3.71. The largest absolute Gasteiger partial charge is 0.253 e. The quantitative estimate of drug-likeness (QED) is 0.625. The van der Waals surface area contributed by atoms with Gasteiger partial charge in [-0.2, -0.15) is 0 Å². The Labute approximate surface area is 73.0 Å². The van der Waals surface area contributed by atoms with E-state index < -0.39 is 5.82 Å². The van der Waals surface area contributed by atoms with Crippen LogP contribution in [-0.4, -0.2) is 9.97 Å². The van der Waals surface area contributed by atoms with Gasteiger partial charge in [-0.1, -0.05) is 11.6 Å². The molecule has 1 aromatic carbocycles. The lowest BCUT2D eigenvalue weighted by molar-refractivity contribution is 0.636. The van der Waals surface area contributed by atoms with Gasteiger partial charge in [0.25, 0.3) is 0 Å². The minimum Gasteiger partial charge on any atom is -0.253 e. The molecule has 1 aromatic heterocycles. The molecular formula is C8H4ClFN2. The van der Waals surface area contributed by atoms with Crippen molar-refractivity contribution >= 4 is 22.6 Å². The van der Waals surface area contributed by atoms with Crippen LogP contribution in [0.15, 0.2) is 24.5 Å². The normalized spacial score (nSPS) is 10.5. The molecule has 0 fully saturated rings. The van der Waals surface area contributed by atoms with Crippen LogP contribution in [0.5, 0.6) is 0 Å². The van der Waals surface area contributed by atoms with Gasteiger partial charge in [0.1, 0.15) is 5.52 Å². The summed E-state index contributed by atoms with van der Waals surface area (Å²) in [6, 6.07) is 2.80. The molecule has 2 rings (SSSR count). The summed E-state index contributed by atoms with van der Waals surface area (Å²) in [5, 5.41) is 0.334. The van der Waals surface area contributed by atoms with Crippen LogP contribution in [0.2, 0.25) is 5.02 Å². The highest BCUT2D eigenvalue weighted by atomic mass is 35.5. The number of hydrogen-bond acceptors (Lipinski definition) is 2. The molecule has 0 aliphatic heterocycles. The maximum Gasteiger partial charge on any atom is 0.152 e. The summed E-state index contributed by atoms with van der Waals surface area (Å²) in [6.45, 7) is 0. The van der Waals surface area contributed by atoms with Crippen molar-refractivity contribution in [1.29, 1.82) is 0 Å². The molecular weight excluding hydrogens is 179 g/mol. The molecule has 2 nitrogen and oxygen atoms in total. The number of aromatic nitrogens is 2. The number of halogens is 2. The summed E-state index contributed by atoms with van der Waals surface area (Å²) in [5.74, 6) is -0.439. The first-order chi connectivity index (χ1) is 5.77. The molecule has 0 N–H and O–H groups in total. The predicted molar refractivity (Wildman–Crippen MR) is 44.5 cm³/mol. The van der Waals surface area contributed by atoms with E-state index in [-0.39, 0.29) is 5.52 Å². The Bertz CT molecular complexity index is 430. The van der Waals surface area contributed by atoms with Crippen molar-refractivity contribution in [3.8, 4) is 0 Å². The zero-order chi connectivity index (χ0) is 8.55. The fourth-order valence-electron chi connectivity index (χ4n) is 1.00. The van der Waals surface area contributed by atoms with Gasteiger partial charge in [-0.05, 0) is 12.1 Å². The van der Waals surface area contributed by atoms with Crippen LogP contribution in [-0.2, 0) is 0 Å². The van der Waals surface area contributed by atoms with E-state index >= 15 is 0 Å². The van der Waals surface area contributed by atoms with Gasteiger partial charge in [0.15, 0.2) is 5.82 Å². The lowest BCUT2D eigenvalue weighted by Crippen LogP contribution is -1.86. The summed E-state index contributed by atoms with van der Waals surface area (Å²) in [5.41, 5.74) is 0.726. The summed E-state index contributed by atoms with van der Waals surface area (Å²) in [6.07, 6.45) is 2.94. The van der Waals surface area contributed by atoms with Crippen LogP contribution >= 0.6 is 11.6 Å². The van der Waals surface area contributed by atoms with Crippen molar-refractivity contribution in [3.63, 3.8) is 0 Å². The molecule has 0 spiro atoms. The Balaban J connectivity index is 2.89. The first kappa shape index (κ1) is 7.43. The van der Waals surface area contributed by atoms with Gasteiger partial charge < -0.3 is 0 Å². The molecule has 0 radical (unpaired) electrons. The van der Waals surface area contributed by atoms with Gasteiger partial charge in [0.2, 0.25) is 0 Å². The molecule has 0 aliphatic carbocycles. The lowest BCUT2D eigenvalue weighted by atomic mass is 10.3. The van der Waals surface area contributed by atoms with Crippen LogP contribution in [0.4, 0.5) is 4.39 Å². The average Bonchev–Trinajstić information content (AvgIpc) is 2.04. The molecule has 0 amide bonds. The SMILES string of the molecule is Fc1cc(Cl)cc2nccnc12. The molecule has 0 bridgehead atoms. The van der Waals surface area contributed by atoms with Crippen LogP contribution in [0.1, 0.15) is 0 Å². The highest BCUT2D eigenvalue weighted by Gasteiger charge is 2.03. The molecule has 0 atom stereocenters.